The third-order valence-corrected chi connectivity index (χ3v) is 4.55. The molecule has 1 aromatic heterocycles. The average Bonchev–Trinajstić information content (AvgIpc) is 3.14. The van der Waals surface area contributed by atoms with Gasteiger partial charge in [-0.25, -0.2) is 4.39 Å². The van der Waals surface area contributed by atoms with Crippen molar-refractivity contribution in [2.75, 3.05) is 6.54 Å². The molecule has 4 nitrogen and oxygen atoms in total. The molecule has 0 aliphatic carbocycles. The van der Waals surface area contributed by atoms with E-state index in [0.717, 1.165) is 29.0 Å². The number of nitrogens with zero attached hydrogens (tertiary/aromatic N) is 1. The van der Waals surface area contributed by atoms with Crippen LogP contribution >= 0.6 is 0 Å². The van der Waals surface area contributed by atoms with Crippen LogP contribution < -0.4 is 10.1 Å². The highest BCUT2D eigenvalue weighted by Crippen LogP contribution is 2.37. The van der Waals surface area contributed by atoms with Crippen molar-refractivity contribution < 1.29 is 13.9 Å². The summed E-state index contributed by atoms with van der Waals surface area (Å²) >= 11 is 0. The van der Waals surface area contributed by atoms with E-state index >= 15 is 0 Å². The standard InChI is InChI=1S/C23H19FN2O2/c24-18-7-3-5-16(13-18)10-11-22(27)26-15-19-14-17-6-4-8-20(23(17)28-19)21-9-1-2-12-25-21/h1-13,19H,14-15H2,(H,26,27)/b11-10+/t19-/m0/s1. The second kappa shape index (κ2) is 8.05. The second-order valence-electron chi connectivity index (χ2n) is 6.59. The van der Waals surface area contributed by atoms with Crippen molar-refractivity contribution in [3.05, 3.63) is 89.9 Å². The predicted molar refractivity (Wildman–Crippen MR) is 106 cm³/mol. The zero-order valence-corrected chi connectivity index (χ0v) is 15.1. The summed E-state index contributed by atoms with van der Waals surface area (Å²) in [6.07, 6.45) is 5.33. The maximum absolute atomic E-state index is 13.2. The van der Waals surface area contributed by atoms with Crippen LogP contribution in [0.15, 0.2) is 72.9 Å². The van der Waals surface area contributed by atoms with E-state index < -0.39 is 0 Å². The molecule has 1 aliphatic heterocycles. The van der Waals surface area contributed by atoms with Gasteiger partial charge in [0.05, 0.1) is 12.2 Å². The minimum Gasteiger partial charge on any atom is -0.487 e. The van der Waals surface area contributed by atoms with Crippen LogP contribution in [-0.4, -0.2) is 23.5 Å². The molecule has 1 N–H and O–H groups in total. The smallest absolute Gasteiger partial charge is 0.244 e. The lowest BCUT2D eigenvalue weighted by atomic mass is 10.0. The van der Waals surface area contributed by atoms with Crippen LogP contribution in [0.25, 0.3) is 17.3 Å². The van der Waals surface area contributed by atoms with Crippen molar-refractivity contribution in [2.24, 2.45) is 0 Å². The third-order valence-electron chi connectivity index (χ3n) is 4.55. The van der Waals surface area contributed by atoms with Gasteiger partial charge >= 0.3 is 0 Å². The van der Waals surface area contributed by atoms with Gasteiger partial charge < -0.3 is 10.1 Å². The van der Waals surface area contributed by atoms with Gasteiger partial charge in [0, 0.05) is 24.3 Å². The fraction of sp³-hybridized carbons (Fsp3) is 0.130. The first-order valence-electron chi connectivity index (χ1n) is 9.10. The molecule has 0 spiro atoms. The van der Waals surface area contributed by atoms with E-state index in [1.807, 2.05) is 36.4 Å². The van der Waals surface area contributed by atoms with E-state index in [1.54, 1.807) is 24.4 Å². The maximum atomic E-state index is 13.2. The molecule has 0 saturated heterocycles. The van der Waals surface area contributed by atoms with Crippen molar-refractivity contribution in [3.8, 4) is 17.0 Å². The van der Waals surface area contributed by atoms with E-state index in [9.17, 15) is 9.18 Å². The Morgan fingerprint density at radius 2 is 2.07 bits per heavy atom. The summed E-state index contributed by atoms with van der Waals surface area (Å²) in [6.45, 7) is 0.392. The van der Waals surface area contributed by atoms with Gasteiger partial charge in [0.1, 0.15) is 17.7 Å². The molecule has 140 valence electrons. The number of pyridine rings is 1. The molecular weight excluding hydrogens is 355 g/mol. The van der Waals surface area contributed by atoms with Crippen molar-refractivity contribution in [2.45, 2.75) is 12.5 Å². The number of hydrogen-bond donors (Lipinski definition) is 1. The molecule has 1 atom stereocenters. The molecule has 0 radical (unpaired) electrons. The second-order valence-corrected chi connectivity index (χ2v) is 6.59. The molecule has 0 bridgehead atoms. The zero-order valence-electron chi connectivity index (χ0n) is 15.1. The predicted octanol–water partition coefficient (Wildman–Crippen LogP) is 4.02. The highest BCUT2D eigenvalue weighted by atomic mass is 19.1. The van der Waals surface area contributed by atoms with Crippen LogP contribution in [-0.2, 0) is 11.2 Å². The average molecular weight is 374 g/mol. The molecule has 1 aliphatic rings. The Balaban J connectivity index is 1.37. The van der Waals surface area contributed by atoms with E-state index in [1.165, 1.54) is 18.2 Å². The minimum atomic E-state index is -0.330. The minimum absolute atomic E-state index is 0.133. The SMILES string of the molecule is O=C(/C=C/c1cccc(F)c1)NC[C@@H]1Cc2cccc(-c3ccccn3)c2O1. The number of para-hydroxylation sites is 1. The summed E-state index contributed by atoms with van der Waals surface area (Å²) in [7, 11) is 0. The molecule has 28 heavy (non-hydrogen) atoms. The van der Waals surface area contributed by atoms with E-state index in [0.29, 0.717) is 12.1 Å². The Labute approximate surface area is 162 Å². The van der Waals surface area contributed by atoms with Gasteiger partial charge in [-0.1, -0.05) is 30.3 Å². The number of carbonyl (C=O) groups is 1. The highest BCUT2D eigenvalue weighted by Gasteiger charge is 2.26. The lowest BCUT2D eigenvalue weighted by Crippen LogP contribution is -2.33. The Kier molecular flexibility index (Phi) is 5.15. The Hall–Kier alpha value is -3.47. The molecule has 0 fully saturated rings. The van der Waals surface area contributed by atoms with Crippen molar-refractivity contribution >= 4 is 12.0 Å². The summed E-state index contributed by atoms with van der Waals surface area (Å²) in [5.41, 5.74) is 3.57. The molecule has 1 amide bonds. The number of hydrogen-bond acceptors (Lipinski definition) is 3. The Morgan fingerprint density at radius 1 is 1.18 bits per heavy atom. The number of rotatable bonds is 5. The van der Waals surface area contributed by atoms with Gasteiger partial charge in [0.15, 0.2) is 0 Å². The normalized spacial score (nSPS) is 15.2. The first-order valence-corrected chi connectivity index (χ1v) is 9.10. The van der Waals surface area contributed by atoms with Crippen LogP contribution in [0.1, 0.15) is 11.1 Å². The maximum Gasteiger partial charge on any atom is 0.244 e. The number of fused-ring (bicyclic) bond motifs is 1. The third kappa shape index (κ3) is 4.09. The van der Waals surface area contributed by atoms with Crippen LogP contribution in [0.5, 0.6) is 5.75 Å². The molecule has 3 aromatic rings. The largest absolute Gasteiger partial charge is 0.487 e. The van der Waals surface area contributed by atoms with Gasteiger partial charge in [-0.3, -0.25) is 9.78 Å². The fourth-order valence-corrected chi connectivity index (χ4v) is 3.23. The number of halogens is 1. The van der Waals surface area contributed by atoms with E-state index in [2.05, 4.69) is 10.3 Å². The quantitative estimate of drug-likeness (QED) is 0.686. The number of ether oxygens (including phenoxy) is 1. The summed E-state index contributed by atoms with van der Waals surface area (Å²) in [6, 6.07) is 17.9. The molecule has 5 heteroatoms. The van der Waals surface area contributed by atoms with Crippen LogP contribution in [0, 0.1) is 5.82 Å². The van der Waals surface area contributed by atoms with Crippen LogP contribution in [0.3, 0.4) is 0 Å². The van der Waals surface area contributed by atoms with Crippen molar-refractivity contribution in [3.63, 3.8) is 0 Å². The first-order chi connectivity index (χ1) is 13.7. The molecule has 0 saturated carbocycles. The molecule has 2 aromatic carbocycles. The van der Waals surface area contributed by atoms with Gasteiger partial charge in [-0.2, -0.15) is 0 Å². The zero-order chi connectivity index (χ0) is 19.3. The summed E-state index contributed by atoms with van der Waals surface area (Å²) < 4.78 is 19.3. The highest BCUT2D eigenvalue weighted by molar-refractivity contribution is 5.91. The lowest BCUT2D eigenvalue weighted by molar-refractivity contribution is -0.116. The summed E-state index contributed by atoms with van der Waals surface area (Å²) in [5.74, 6) is 0.257. The van der Waals surface area contributed by atoms with Crippen LogP contribution in [0.4, 0.5) is 4.39 Å². The van der Waals surface area contributed by atoms with Gasteiger partial charge in [0.25, 0.3) is 0 Å². The molecular formula is C23H19FN2O2. The van der Waals surface area contributed by atoms with E-state index in [4.69, 9.17) is 4.74 Å². The van der Waals surface area contributed by atoms with E-state index in [-0.39, 0.29) is 17.8 Å². The molecule has 2 heterocycles. The number of aromatic nitrogens is 1. The first kappa shape index (κ1) is 17.9. The van der Waals surface area contributed by atoms with Crippen LogP contribution in [0.2, 0.25) is 0 Å². The number of carbonyl (C=O) groups excluding carboxylic acids is 1. The number of amides is 1. The summed E-state index contributed by atoms with van der Waals surface area (Å²) in [4.78, 5) is 16.5. The lowest BCUT2D eigenvalue weighted by Gasteiger charge is -2.12. The molecule has 4 rings (SSSR count). The monoisotopic (exact) mass is 374 g/mol. The fourth-order valence-electron chi connectivity index (χ4n) is 3.23. The van der Waals surface area contributed by atoms with Crippen molar-refractivity contribution in [1.82, 2.24) is 10.3 Å². The van der Waals surface area contributed by atoms with Gasteiger partial charge in [-0.05, 0) is 47.5 Å². The Bertz CT molecular complexity index is 1020. The van der Waals surface area contributed by atoms with Gasteiger partial charge in [-0.15, -0.1) is 0 Å². The number of nitrogens with one attached hydrogen (secondary N) is 1. The summed E-state index contributed by atoms with van der Waals surface area (Å²) in [5, 5.41) is 2.84. The number of benzene rings is 2. The Morgan fingerprint density at radius 3 is 2.89 bits per heavy atom. The topological polar surface area (TPSA) is 51.2 Å². The molecule has 0 unspecified atom stereocenters. The van der Waals surface area contributed by atoms with Gasteiger partial charge in [0.2, 0.25) is 5.91 Å². The van der Waals surface area contributed by atoms with Crippen molar-refractivity contribution in [1.29, 1.82) is 0 Å².